The highest BCUT2D eigenvalue weighted by Crippen LogP contribution is 2.25. The number of aromatic nitrogens is 2. The van der Waals surface area contributed by atoms with Crippen LogP contribution in [0.1, 0.15) is 37.5 Å². The summed E-state index contributed by atoms with van der Waals surface area (Å²) in [7, 11) is 0. The summed E-state index contributed by atoms with van der Waals surface area (Å²) in [6, 6.07) is 16.8. The number of nitrogens with zero attached hydrogens (tertiary/aromatic N) is 2. The standard InChI is InChI=1S/C23H27N3OS/c1-23(2,3)20-8-10-21(11-9-20)28-16-22(27)25-14-18-4-6-19(7-5-18)15-26-13-12-24-17-26/h4-13,17H,14-16H2,1-3H3,(H,25,27). The fraction of sp³-hybridized carbons (Fsp3) is 0.304. The van der Waals surface area contributed by atoms with Gasteiger partial charge in [0.25, 0.3) is 0 Å². The molecular weight excluding hydrogens is 366 g/mol. The average Bonchev–Trinajstić information content (AvgIpc) is 3.18. The van der Waals surface area contributed by atoms with Crippen LogP contribution in [-0.4, -0.2) is 21.2 Å². The van der Waals surface area contributed by atoms with E-state index in [0.717, 1.165) is 17.0 Å². The lowest BCUT2D eigenvalue weighted by molar-refractivity contribution is -0.118. The fourth-order valence-corrected chi connectivity index (χ4v) is 3.53. The molecule has 0 unspecified atom stereocenters. The van der Waals surface area contributed by atoms with Crippen molar-refractivity contribution < 1.29 is 4.79 Å². The van der Waals surface area contributed by atoms with E-state index < -0.39 is 0 Å². The number of hydrogen-bond donors (Lipinski definition) is 1. The Kier molecular flexibility index (Phi) is 6.57. The molecule has 0 aliphatic heterocycles. The van der Waals surface area contributed by atoms with E-state index >= 15 is 0 Å². The first-order valence-electron chi connectivity index (χ1n) is 9.44. The van der Waals surface area contributed by atoms with E-state index in [2.05, 4.69) is 79.6 Å². The Hall–Kier alpha value is -2.53. The molecule has 0 aliphatic rings. The lowest BCUT2D eigenvalue weighted by atomic mass is 9.87. The zero-order valence-electron chi connectivity index (χ0n) is 16.7. The van der Waals surface area contributed by atoms with E-state index in [1.54, 1.807) is 18.0 Å². The van der Waals surface area contributed by atoms with Gasteiger partial charge < -0.3 is 9.88 Å². The van der Waals surface area contributed by atoms with Crippen LogP contribution in [0.15, 0.2) is 72.1 Å². The Morgan fingerprint density at radius 3 is 2.32 bits per heavy atom. The van der Waals surface area contributed by atoms with Crippen LogP contribution in [0.3, 0.4) is 0 Å². The molecule has 5 heteroatoms. The predicted octanol–water partition coefficient (Wildman–Crippen LogP) is 4.64. The summed E-state index contributed by atoms with van der Waals surface area (Å²) >= 11 is 1.57. The number of nitrogens with one attached hydrogen (secondary N) is 1. The van der Waals surface area contributed by atoms with Gasteiger partial charge in [-0.15, -0.1) is 11.8 Å². The maximum atomic E-state index is 12.2. The number of carbonyl (C=O) groups excluding carboxylic acids is 1. The van der Waals surface area contributed by atoms with E-state index in [4.69, 9.17) is 0 Å². The zero-order valence-corrected chi connectivity index (χ0v) is 17.5. The van der Waals surface area contributed by atoms with Crippen LogP contribution in [0.2, 0.25) is 0 Å². The highest BCUT2D eigenvalue weighted by Gasteiger charge is 2.13. The normalized spacial score (nSPS) is 11.4. The van der Waals surface area contributed by atoms with Crippen molar-refractivity contribution in [3.63, 3.8) is 0 Å². The Labute approximate surface area is 171 Å². The molecule has 0 fully saturated rings. The molecule has 3 aromatic rings. The van der Waals surface area contributed by atoms with E-state index in [0.29, 0.717) is 12.3 Å². The van der Waals surface area contributed by atoms with Crippen molar-refractivity contribution in [1.29, 1.82) is 0 Å². The molecule has 2 aromatic carbocycles. The van der Waals surface area contributed by atoms with Gasteiger partial charge >= 0.3 is 0 Å². The average molecular weight is 394 g/mol. The highest BCUT2D eigenvalue weighted by atomic mass is 32.2. The number of amides is 1. The molecule has 0 saturated carbocycles. The molecule has 28 heavy (non-hydrogen) atoms. The monoisotopic (exact) mass is 393 g/mol. The Bertz CT molecular complexity index is 879. The lowest BCUT2D eigenvalue weighted by Crippen LogP contribution is -2.24. The van der Waals surface area contributed by atoms with Crippen LogP contribution < -0.4 is 5.32 Å². The van der Waals surface area contributed by atoms with Crippen molar-refractivity contribution in [2.45, 2.75) is 44.2 Å². The first kappa shape index (κ1) is 20.2. The lowest BCUT2D eigenvalue weighted by Gasteiger charge is -2.19. The number of benzene rings is 2. The van der Waals surface area contributed by atoms with Gasteiger partial charge in [-0.05, 0) is 34.2 Å². The molecule has 3 rings (SSSR count). The van der Waals surface area contributed by atoms with Crippen molar-refractivity contribution in [2.75, 3.05) is 5.75 Å². The van der Waals surface area contributed by atoms with Crippen LogP contribution in [0, 0.1) is 0 Å². The van der Waals surface area contributed by atoms with Gasteiger partial charge in [0.05, 0.1) is 12.1 Å². The second kappa shape index (κ2) is 9.11. The first-order chi connectivity index (χ1) is 13.4. The van der Waals surface area contributed by atoms with Crippen LogP contribution in [-0.2, 0) is 23.3 Å². The van der Waals surface area contributed by atoms with Crippen molar-refractivity contribution in [3.8, 4) is 0 Å². The molecule has 1 N–H and O–H groups in total. The maximum Gasteiger partial charge on any atom is 0.230 e. The summed E-state index contributed by atoms with van der Waals surface area (Å²) in [5.41, 5.74) is 3.76. The molecular formula is C23H27N3OS. The molecule has 4 nitrogen and oxygen atoms in total. The Balaban J connectivity index is 1.42. The second-order valence-corrected chi connectivity index (χ2v) is 8.94. The predicted molar refractivity (Wildman–Crippen MR) is 115 cm³/mol. The molecule has 0 bridgehead atoms. The van der Waals surface area contributed by atoms with E-state index in [9.17, 15) is 4.79 Å². The molecule has 1 amide bonds. The number of carbonyl (C=O) groups is 1. The summed E-state index contributed by atoms with van der Waals surface area (Å²) < 4.78 is 2.03. The minimum absolute atomic E-state index is 0.0485. The van der Waals surface area contributed by atoms with Gasteiger partial charge in [-0.1, -0.05) is 57.2 Å². The third-order valence-electron chi connectivity index (χ3n) is 4.53. The van der Waals surface area contributed by atoms with Crippen LogP contribution in [0.4, 0.5) is 0 Å². The van der Waals surface area contributed by atoms with E-state index in [-0.39, 0.29) is 11.3 Å². The van der Waals surface area contributed by atoms with Gasteiger partial charge in [0, 0.05) is 30.4 Å². The third kappa shape index (κ3) is 5.99. The van der Waals surface area contributed by atoms with Gasteiger partial charge in [0.15, 0.2) is 0 Å². The third-order valence-corrected chi connectivity index (χ3v) is 5.54. The molecule has 0 atom stereocenters. The van der Waals surface area contributed by atoms with E-state index in [1.807, 2.05) is 17.1 Å². The fourth-order valence-electron chi connectivity index (χ4n) is 2.81. The summed E-state index contributed by atoms with van der Waals surface area (Å²) in [6.07, 6.45) is 5.53. The smallest absolute Gasteiger partial charge is 0.230 e. The number of imidazole rings is 1. The zero-order chi connectivity index (χ0) is 20.0. The summed E-state index contributed by atoms with van der Waals surface area (Å²) in [5, 5.41) is 2.99. The second-order valence-electron chi connectivity index (χ2n) is 7.89. The van der Waals surface area contributed by atoms with Crippen LogP contribution in [0.5, 0.6) is 0 Å². The first-order valence-corrected chi connectivity index (χ1v) is 10.4. The van der Waals surface area contributed by atoms with Crippen molar-refractivity contribution in [3.05, 3.63) is 83.9 Å². The number of rotatable bonds is 7. The summed E-state index contributed by atoms with van der Waals surface area (Å²) in [6.45, 7) is 7.96. The minimum Gasteiger partial charge on any atom is -0.351 e. The SMILES string of the molecule is CC(C)(C)c1ccc(SCC(=O)NCc2ccc(Cn3ccnc3)cc2)cc1. The van der Waals surface area contributed by atoms with Gasteiger partial charge in [0.1, 0.15) is 0 Å². The van der Waals surface area contributed by atoms with Gasteiger partial charge in [-0.3, -0.25) is 4.79 Å². The van der Waals surface area contributed by atoms with Gasteiger partial charge in [-0.25, -0.2) is 4.98 Å². The van der Waals surface area contributed by atoms with Crippen LogP contribution >= 0.6 is 11.8 Å². The highest BCUT2D eigenvalue weighted by molar-refractivity contribution is 8.00. The van der Waals surface area contributed by atoms with Crippen LogP contribution in [0.25, 0.3) is 0 Å². The molecule has 146 valence electrons. The van der Waals surface area contributed by atoms with Crippen molar-refractivity contribution in [1.82, 2.24) is 14.9 Å². The molecule has 0 spiro atoms. The number of hydrogen-bond acceptors (Lipinski definition) is 3. The molecule has 0 saturated heterocycles. The maximum absolute atomic E-state index is 12.2. The van der Waals surface area contributed by atoms with Gasteiger partial charge in [0.2, 0.25) is 5.91 Å². The molecule has 1 aromatic heterocycles. The topological polar surface area (TPSA) is 46.9 Å². The molecule has 1 heterocycles. The Morgan fingerprint density at radius 2 is 1.71 bits per heavy atom. The summed E-state index contributed by atoms with van der Waals surface area (Å²) in [4.78, 5) is 17.3. The number of thioether (sulfide) groups is 1. The molecule has 0 radical (unpaired) electrons. The Morgan fingerprint density at radius 1 is 1.04 bits per heavy atom. The quantitative estimate of drug-likeness (QED) is 0.595. The van der Waals surface area contributed by atoms with Crippen molar-refractivity contribution in [2.24, 2.45) is 0 Å². The van der Waals surface area contributed by atoms with Crippen molar-refractivity contribution >= 4 is 17.7 Å². The van der Waals surface area contributed by atoms with E-state index in [1.165, 1.54) is 11.1 Å². The summed E-state index contributed by atoms with van der Waals surface area (Å²) in [5.74, 6) is 0.473. The molecule has 0 aliphatic carbocycles. The minimum atomic E-state index is 0.0485. The largest absolute Gasteiger partial charge is 0.351 e. The van der Waals surface area contributed by atoms with Gasteiger partial charge in [-0.2, -0.15) is 0 Å².